The van der Waals surface area contributed by atoms with Crippen LogP contribution in [0.5, 0.6) is 5.75 Å². The van der Waals surface area contributed by atoms with Crippen LogP contribution >= 0.6 is 11.6 Å². The Balaban J connectivity index is 2.05. The van der Waals surface area contributed by atoms with E-state index in [1.54, 1.807) is 12.1 Å². The molecular formula is C14H18ClF2NO2. The van der Waals surface area contributed by atoms with E-state index in [9.17, 15) is 8.78 Å². The smallest absolute Gasteiger partial charge is 0.387 e. The van der Waals surface area contributed by atoms with Crippen LogP contribution < -0.4 is 10.1 Å². The van der Waals surface area contributed by atoms with Gasteiger partial charge in [-0.25, -0.2) is 0 Å². The highest BCUT2D eigenvalue weighted by atomic mass is 35.5. The van der Waals surface area contributed by atoms with Crippen LogP contribution in [0, 0.1) is 0 Å². The van der Waals surface area contributed by atoms with Crippen LogP contribution in [-0.2, 0) is 11.3 Å². The van der Waals surface area contributed by atoms with Gasteiger partial charge in [-0.1, -0.05) is 11.6 Å². The predicted octanol–water partition coefficient (Wildman–Crippen LogP) is 3.60. The van der Waals surface area contributed by atoms with Gasteiger partial charge in [0.2, 0.25) is 0 Å². The van der Waals surface area contributed by atoms with Crippen molar-refractivity contribution in [2.45, 2.75) is 38.5 Å². The number of nitrogens with one attached hydrogen (secondary N) is 1. The molecule has 0 amide bonds. The Labute approximate surface area is 122 Å². The normalized spacial score (nSPS) is 18.2. The molecule has 0 radical (unpaired) electrons. The minimum absolute atomic E-state index is 0.0529. The molecular weight excluding hydrogens is 288 g/mol. The van der Waals surface area contributed by atoms with Gasteiger partial charge in [-0.2, -0.15) is 8.78 Å². The lowest BCUT2D eigenvalue weighted by Gasteiger charge is -2.34. The maximum atomic E-state index is 12.4. The van der Waals surface area contributed by atoms with E-state index in [4.69, 9.17) is 16.3 Å². The molecule has 6 heteroatoms. The first-order valence-electron chi connectivity index (χ1n) is 6.54. The summed E-state index contributed by atoms with van der Waals surface area (Å²) in [6.07, 6.45) is 1.78. The molecule has 1 aromatic carbocycles. The summed E-state index contributed by atoms with van der Waals surface area (Å²) in [5.41, 5.74) is 0.577. The molecule has 3 nitrogen and oxygen atoms in total. The summed E-state index contributed by atoms with van der Waals surface area (Å²) in [4.78, 5) is 0. The lowest BCUT2D eigenvalue weighted by atomic mass is 9.92. The van der Waals surface area contributed by atoms with Crippen molar-refractivity contribution in [3.8, 4) is 5.75 Å². The van der Waals surface area contributed by atoms with E-state index in [2.05, 4.69) is 17.0 Å². The van der Waals surface area contributed by atoms with Gasteiger partial charge in [0, 0.05) is 35.9 Å². The number of hydrogen-bond donors (Lipinski definition) is 1. The van der Waals surface area contributed by atoms with E-state index in [0.29, 0.717) is 30.3 Å². The minimum Gasteiger partial charge on any atom is -0.434 e. The van der Waals surface area contributed by atoms with Crippen molar-refractivity contribution in [1.82, 2.24) is 5.32 Å². The van der Waals surface area contributed by atoms with E-state index >= 15 is 0 Å². The fourth-order valence-corrected chi connectivity index (χ4v) is 2.40. The van der Waals surface area contributed by atoms with Crippen LogP contribution in [0.25, 0.3) is 0 Å². The van der Waals surface area contributed by atoms with Crippen molar-refractivity contribution in [3.63, 3.8) is 0 Å². The molecule has 0 bridgehead atoms. The summed E-state index contributed by atoms with van der Waals surface area (Å²) in [6, 6.07) is 4.66. The second-order valence-corrected chi connectivity index (χ2v) is 5.59. The zero-order valence-corrected chi connectivity index (χ0v) is 12.1. The molecule has 1 aliphatic rings. The molecule has 112 valence electrons. The average Bonchev–Trinajstić information content (AvgIpc) is 2.39. The number of halogens is 3. The van der Waals surface area contributed by atoms with E-state index in [0.717, 1.165) is 12.8 Å². The first kappa shape index (κ1) is 15.5. The SMILES string of the molecule is CC1(NCc2cc(Cl)ccc2OC(F)F)CCOCC1. The lowest BCUT2D eigenvalue weighted by molar-refractivity contribution is -0.0505. The summed E-state index contributed by atoms with van der Waals surface area (Å²) < 4.78 is 34.6. The average molecular weight is 306 g/mol. The second-order valence-electron chi connectivity index (χ2n) is 5.16. The number of benzene rings is 1. The van der Waals surface area contributed by atoms with Crippen molar-refractivity contribution >= 4 is 11.6 Å². The fourth-order valence-electron chi connectivity index (χ4n) is 2.20. The largest absolute Gasteiger partial charge is 0.434 e. The molecule has 1 saturated heterocycles. The van der Waals surface area contributed by atoms with Gasteiger partial charge < -0.3 is 14.8 Å². The monoisotopic (exact) mass is 305 g/mol. The summed E-state index contributed by atoms with van der Waals surface area (Å²) >= 11 is 5.92. The Bertz CT molecular complexity index is 451. The Morgan fingerprint density at radius 3 is 2.75 bits per heavy atom. The molecule has 20 heavy (non-hydrogen) atoms. The maximum absolute atomic E-state index is 12.4. The van der Waals surface area contributed by atoms with Crippen LogP contribution in [-0.4, -0.2) is 25.4 Å². The standard InChI is InChI=1S/C14H18ClF2NO2/c1-14(4-6-19-7-5-14)18-9-10-8-11(15)2-3-12(10)20-13(16)17/h2-3,8,13,18H,4-7,9H2,1H3. The lowest BCUT2D eigenvalue weighted by Crippen LogP contribution is -2.46. The molecule has 1 aliphatic heterocycles. The van der Waals surface area contributed by atoms with Gasteiger partial charge in [-0.05, 0) is 38.0 Å². The van der Waals surface area contributed by atoms with Gasteiger partial charge in [0.05, 0.1) is 0 Å². The number of ether oxygens (including phenoxy) is 2. The first-order chi connectivity index (χ1) is 9.48. The molecule has 1 fully saturated rings. The van der Waals surface area contributed by atoms with Crippen LogP contribution in [0.2, 0.25) is 5.02 Å². The van der Waals surface area contributed by atoms with Crippen molar-refractivity contribution in [2.75, 3.05) is 13.2 Å². The van der Waals surface area contributed by atoms with Crippen LogP contribution in [0.15, 0.2) is 18.2 Å². The van der Waals surface area contributed by atoms with Crippen molar-refractivity contribution in [1.29, 1.82) is 0 Å². The Morgan fingerprint density at radius 1 is 1.40 bits per heavy atom. The van der Waals surface area contributed by atoms with Gasteiger partial charge in [-0.3, -0.25) is 0 Å². The van der Waals surface area contributed by atoms with E-state index in [-0.39, 0.29) is 11.3 Å². The molecule has 0 aromatic heterocycles. The fraction of sp³-hybridized carbons (Fsp3) is 0.571. The summed E-state index contributed by atoms with van der Waals surface area (Å²) in [5.74, 6) is 0.160. The van der Waals surface area contributed by atoms with E-state index < -0.39 is 6.61 Å². The third-order valence-corrected chi connectivity index (χ3v) is 3.78. The molecule has 0 unspecified atom stereocenters. The second kappa shape index (κ2) is 6.70. The van der Waals surface area contributed by atoms with E-state index in [1.807, 2.05) is 0 Å². The third-order valence-electron chi connectivity index (χ3n) is 3.54. The van der Waals surface area contributed by atoms with Crippen molar-refractivity contribution in [2.24, 2.45) is 0 Å². The molecule has 0 aliphatic carbocycles. The van der Waals surface area contributed by atoms with Crippen molar-refractivity contribution < 1.29 is 18.3 Å². The maximum Gasteiger partial charge on any atom is 0.387 e. The Kier molecular flexibility index (Phi) is 5.18. The van der Waals surface area contributed by atoms with Crippen LogP contribution in [0.4, 0.5) is 8.78 Å². The zero-order chi connectivity index (χ0) is 14.6. The van der Waals surface area contributed by atoms with Gasteiger partial charge >= 0.3 is 6.61 Å². The third kappa shape index (κ3) is 4.30. The molecule has 1 N–H and O–H groups in total. The number of alkyl halides is 2. The zero-order valence-electron chi connectivity index (χ0n) is 11.3. The molecule has 1 aromatic rings. The van der Waals surface area contributed by atoms with Gasteiger partial charge in [0.1, 0.15) is 5.75 Å². The quantitative estimate of drug-likeness (QED) is 0.901. The van der Waals surface area contributed by atoms with Gasteiger partial charge in [0.15, 0.2) is 0 Å². The summed E-state index contributed by atoms with van der Waals surface area (Å²) in [7, 11) is 0. The van der Waals surface area contributed by atoms with Crippen LogP contribution in [0.3, 0.4) is 0 Å². The molecule has 0 atom stereocenters. The Hall–Kier alpha value is -0.910. The topological polar surface area (TPSA) is 30.5 Å². The minimum atomic E-state index is -2.84. The number of hydrogen-bond acceptors (Lipinski definition) is 3. The highest BCUT2D eigenvalue weighted by molar-refractivity contribution is 6.30. The molecule has 0 spiro atoms. The number of rotatable bonds is 5. The van der Waals surface area contributed by atoms with Gasteiger partial charge in [0.25, 0.3) is 0 Å². The first-order valence-corrected chi connectivity index (χ1v) is 6.92. The Morgan fingerprint density at radius 2 is 2.10 bits per heavy atom. The highest BCUT2D eigenvalue weighted by Crippen LogP contribution is 2.26. The highest BCUT2D eigenvalue weighted by Gasteiger charge is 2.26. The summed E-state index contributed by atoms with van der Waals surface area (Å²) in [5, 5.41) is 3.89. The van der Waals surface area contributed by atoms with E-state index in [1.165, 1.54) is 6.07 Å². The molecule has 0 saturated carbocycles. The molecule has 2 rings (SSSR count). The van der Waals surface area contributed by atoms with Crippen LogP contribution in [0.1, 0.15) is 25.3 Å². The van der Waals surface area contributed by atoms with Gasteiger partial charge in [-0.15, -0.1) is 0 Å². The molecule has 1 heterocycles. The summed E-state index contributed by atoms with van der Waals surface area (Å²) in [6.45, 7) is 1.11. The van der Waals surface area contributed by atoms with Crippen molar-refractivity contribution in [3.05, 3.63) is 28.8 Å². The predicted molar refractivity (Wildman–Crippen MR) is 73.4 cm³/mol.